The molecule has 0 amide bonds. The van der Waals surface area contributed by atoms with Crippen LogP contribution in [0.4, 0.5) is 0 Å². The van der Waals surface area contributed by atoms with Gasteiger partial charge in [0.1, 0.15) is 5.75 Å². The first-order valence-electron chi connectivity index (χ1n) is 9.81. The van der Waals surface area contributed by atoms with Crippen LogP contribution in [0.2, 0.25) is 0 Å². The van der Waals surface area contributed by atoms with E-state index in [0.29, 0.717) is 5.75 Å². The molecule has 0 radical (unpaired) electrons. The van der Waals surface area contributed by atoms with Crippen molar-refractivity contribution in [3.05, 3.63) is 35.9 Å². The van der Waals surface area contributed by atoms with Crippen molar-refractivity contribution in [1.82, 2.24) is 0 Å². The molecule has 0 saturated heterocycles. The van der Waals surface area contributed by atoms with Crippen molar-refractivity contribution in [2.24, 2.45) is 11.8 Å². The second kappa shape index (κ2) is 10.8. The summed E-state index contributed by atoms with van der Waals surface area (Å²) in [5.74, 6) is 0.179. The van der Waals surface area contributed by atoms with Gasteiger partial charge in [0, 0.05) is 6.08 Å². The SMILES string of the molecule is CCCCCCC1CCC(C(=O)Oc2ccc(/C=C/C(=O)O)cc2)CC1. The summed E-state index contributed by atoms with van der Waals surface area (Å²) in [6.07, 6.45) is 13.3. The van der Waals surface area contributed by atoms with Gasteiger partial charge >= 0.3 is 11.9 Å². The average molecular weight is 358 g/mol. The van der Waals surface area contributed by atoms with Crippen LogP contribution in [0.1, 0.15) is 70.3 Å². The third kappa shape index (κ3) is 7.03. The number of rotatable bonds is 9. The number of aliphatic carboxylic acids is 1. The van der Waals surface area contributed by atoms with Crippen molar-refractivity contribution < 1.29 is 19.4 Å². The molecule has 2 rings (SSSR count). The Labute approximate surface area is 156 Å². The van der Waals surface area contributed by atoms with Gasteiger partial charge in [-0.2, -0.15) is 0 Å². The maximum absolute atomic E-state index is 12.4. The van der Waals surface area contributed by atoms with Crippen LogP contribution in [-0.4, -0.2) is 17.0 Å². The van der Waals surface area contributed by atoms with Gasteiger partial charge in [0.2, 0.25) is 0 Å². The van der Waals surface area contributed by atoms with E-state index in [-0.39, 0.29) is 11.9 Å². The minimum atomic E-state index is -0.985. The Balaban J connectivity index is 1.74. The third-order valence-corrected chi connectivity index (χ3v) is 5.16. The molecule has 4 nitrogen and oxygen atoms in total. The number of unbranched alkanes of at least 4 members (excludes halogenated alkanes) is 3. The Morgan fingerprint density at radius 2 is 1.77 bits per heavy atom. The molecule has 142 valence electrons. The molecule has 0 bridgehead atoms. The zero-order valence-corrected chi connectivity index (χ0v) is 15.7. The molecular formula is C22H30O4. The van der Waals surface area contributed by atoms with E-state index in [4.69, 9.17) is 9.84 Å². The second-order valence-electron chi connectivity index (χ2n) is 7.23. The highest BCUT2D eigenvalue weighted by atomic mass is 16.5. The largest absolute Gasteiger partial charge is 0.478 e. The summed E-state index contributed by atoms with van der Waals surface area (Å²) in [6, 6.07) is 6.90. The zero-order chi connectivity index (χ0) is 18.8. The quantitative estimate of drug-likeness (QED) is 0.275. The standard InChI is InChI=1S/C22H30O4/c1-2-3-4-5-6-17-7-12-19(13-8-17)22(25)26-20-14-9-18(10-15-20)11-16-21(23)24/h9-11,14-17,19H,2-8,12-13H2,1H3,(H,23,24)/b16-11+. The van der Waals surface area contributed by atoms with E-state index in [2.05, 4.69) is 6.92 Å². The molecule has 1 fully saturated rings. The molecule has 0 heterocycles. The first-order chi connectivity index (χ1) is 12.6. The van der Waals surface area contributed by atoms with Crippen LogP contribution in [0, 0.1) is 11.8 Å². The normalized spacial score (nSPS) is 20.2. The highest BCUT2D eigenvalue weighted by Gasteiger charge is 2.27. The highest BCUT2D eigenvalue weighted by Crippen LogP contribution is 2.33. The highest BCUT2D eigenvalue weighted by molar-refractivity contribution is 5.85. The van der Waals surface area contributed by atoms with Gasteiger partial charge in [-0.1, -0.05) is 51.2 Å². The lowest BCUT2D eigenvalue weighted by Crippen LogP contribution is -2.25. The summed E-state index contributed by atoms with van der Waals surface area (Å²) in [6.45, 7) is 2.23. The number of esters is 1. The molecule has 0 unspecified atom stereocenters. The van der Waals surface area contributed by atoms with E-state index >= 15 is 0 Å². The van der Waals surface area contributed by atoms with E-state index in [0.717, 1.165) is 43.2 Å². The monoisotopic (exact) mass is 358 g/mol. The summed E-state index contributed by atoms with van der Waals surface area (Å²) in [5.41, 5.74) is 0.760. The van der Waals surface area contributed by atoms with Gasteiger partial charge in [-0.15, -0.1) is 0 Å². The van der Waals surface area contributed by atoms with E-state index in [1.165, 1.54) is 38.2 Å². The smallest absolute Gasteiger partial charge is 0.328 e. The summed E-state index contributed by atoms with van der Waals surface area (Å²) < 4.78 is 5.50. The maximum Gasteiger partial charge on any atom is 0.328 e. The zero-order valence-electron chi connectivity index (χ0n) is 15.7. The van der Waals surface area contributed by atoms with E-state index in [1.54, 1.807) is 24.3 Å². The van der Waals surface area contributed by atoms with Crippen LogP contribution in [0.3, 0.4) is 0 Å². The number of ether oxygens (including phenoxy) is 1. The number of carbonyl (C=O) groups is 2. The first-order valence-corrected chi connectivity index (χ1v) is 9.81. The van der Waals surface area contributed by atoms with Gasteiger partial charge in [0.15, 0.2) is 0 Å². The summed E-state index contributed by atoms with van der Waals surface area (Å²) in [4.78, 5) is 22.9. The van der Waals surface area contributed by atoms with Gasteiger partial charge < -0.3 is 9.84 Å². The molecule has 26 heavy (non-hydrogen) atoms. The van der Waals surface area contributed by atoms with Crippen LogP contribution in [-0.2, 0) is 9.59 Å². The molecule has 1 aromatic rings. The molecule has 1 aromatic carbocycles. The minimum absolute atomic E-state index is 0.00785. The van der Waals surface area contributed by atoms with Crippen LogP contribution >= 0.6 is 0 Å². The molecule has 1 aliphatic rings. The van der Waals surface area contributed by atoms with Crippen LogP contribution < -0.4 is 4.74 Å². The van der Waals surface area contributed by atoms with Crippen molar-refractivity contribution in [2.75, 3.05) is 0 Å². The van der Waals surface area contributed by atoms with Crippen molar-refractivity contribution in [2.45, 2.75) is 64.7 Å². The fourth-order valence-electron chi connectivity index (χ4n) is 3.56. The van der Waals surface area contributed by atoms with Crippen LogP contribution in [0.15, 0.2) is 30.3 Å². The third-order valence-electron chi connectivity index (χ3n) is 5.16. The average Bonchev–Trinajstić information content (AvgIpc) is 2.65. The molecule has 0 aromatic heterocycles. The molecule has 0 aliphatic heterocycles. The number of hydrogen-bond acceptors (Lipinski definition) is 3. The second-order valence-corrected chi connectivity index (χ2v) is 7.23. The van der Waals surface area contributed by atoms with Crippen molar-refractivity contribution in [3.8, 4) is 5.75 Å². The maximum atomic E-state index is 12.4. The number of carbonyl (C=O) groups excluding carboxylic acids is 1. The van der Waals surface area contributed by atoms with E-state index in [9.17, 15) is 9.59 Å². The molecule has 1 aliphatic carbocycles. The molecule has 1 N–H and O–H groups in total. The fraction of sp³-hybridized carbons (Fsp3) is 0.545. The van der Waals surface area contributed by atoms with Gasteiger partial charge in [0.25, 0.3) is 0 Å². The first kappa shape index (κ1) is 20.2. The van der Waals surface area contributed by atoms with Gasteiger partial charge in [-0.05, 0) is 55.4 Å². The van der Waals surface area contributed by atoms with Crippen molar-refractivity contribution in [3.63, 3.8) is 0 Å². The molecule has 4 heteroatoms. The molecule has 0 atom stereocenters. The van der Waals surface area contributed by atoms with Crippen molar-refractivity contribution in [1.29, 1.82) is 0 Å². The molecular weight excluding hydrogens is 328 g/mol. The molecule has 0 spiro atoms. The summed E-state index contributed by atoms with van der Waals surface area (Å²) >= 11 is 0. The number of carboxylic acids is 1. The topological polar surface area (TPSA) is 63.6 Å². The number of hydrogen-bond donors (Lipinski definition) is 1. The molecule has 1 saturated carbocycles. The van der Waals surface area contributed by atoms with Crippen LogP contribution in [0.25, 0.3) is 6.08 Å². The van der Waals surface area contributed by atoms with E-state index < -0.39 is 5.97 Å². The van der Waals surface area contributed by atoms with Gasteiger partial charge in [-0.25, -0.2) is 4.79 Å². The Hall–Kier alpha value is -2.10. The lowest BCUT2D eigenvalue weighted by molar-refractivity contribution is -0.140. The Morgan fingerprint density at radius 3 is 2.38 bits per heavy atom. The van der Waals surface area contributed by atoms with Crippen molar-refractivity contribution >= 4 is 18.0 Å². The lowest BCUT2D eigenvalue weighted by atomic mass is 9.80. The van der Waals surface area contributed by atoms with Gasteiger partial charge in [-0.3, -0.25) is 4.79 Å². The predicted octanol–water partition coefficient (Wildman–Crippen LogP) is 5.47. The minimum Gasteiger partial charge on any atom is -0.478 e. The fourth-order valence-corrected chi connectivity index (χ4v) is 3.56. The predicted molar refractivity (Wildman–Crippen MR) is 103 cm³/mol. The Morgan fingerprint density at radius 1 is 1.08 bits per heavy atom. The van der Waals surface area contributed by atoms with E-state index in [1.807, 2.05) is 0 Å². The number of benzene rings is 1. The Kier molecular flexibility index (Phi) is 8.39. The lowest BCUT2D eigenvalue weighted by Gasteiger charge is -2.27. The number of carboxylic acid groups (broad SMARTS) is 1. The summed E-state index contributed by atoms with van der Waals surface area (Å²) in [5, 5.41) is 8.63. The summed E-state index contributed by atoms with van der Waals surface area (Å²) in [7, 11) is 0. The van der Waals surface area contributed by atoms with Gasteiger partial charge in [0.05, 0.1) is 5.92 Å². The van der Waals surface area contributed by atoms with Crippen LogP contribution in [0.5, 0.6) is 5.75 Å². The Bertz CT molecular complexity index is 595.